The highest BCUT2D eigenvalue weighted by molar-refractivity contribution is 7.96. The van der Waals surface area contributed by atoms with Crippen LogP contribution in [0.1, 0.15) is 36.0 Å². The first-order chi connectivity index (χ1) is 14.6. The topological polar surface area (TPSA) is 34.0 Å². The van der Waals surface area contributed by atoms with Crippen molar-refractivity contribution in [2.24, 2.45) is 0 Å². The van der Waals surface area contributed by atoms with Crippen LogP contribution >= 0.6 is 11.9 Å². The molecule has 0 aliphatic heterocycles. The second-order valence-corrected chi connectivity index (χ2v) is 8.45. The van der Waals surface area contributed by atoms with Gasteiger partial charge in [0, 0.05) is 35.8 Å². The Morgan fingerprint density at radius 2 is 2.00 bits per heavy atom. The van der Waals surface area contributed by atoms with E-state index in [4.69, 9.17) is 0 Å². The van der Waals surface area contributed by atoms with Crippen molar-refractivity contribution < 1.29 is 4.39 Å². The lowest BCUT2D eigenvalue weighted by Crippen LogP contribution is -2.40. The first-order valence-corrected chi connectivity index (χ1v) is 11.7. The molecule has 0 amide bonds. The van der Waals surface area contributed by atoms with Gasteiger partial charge in [-0.3, -0.25) is 9.52 Å². The third-order valence-corrected chi connectivity index (χ3v) is 6.59. The number of pyridine rings is 1. The van der Waals surface area contributed by atoms with Crippen molar-refractivity contribution in [2.75, 3.05) is 6.26 Å². The van der Waals surface area contributed by atoms with Gasteiger partial charge in [0.1, 0.15) is 5.82 Å². The molecule has 0 saturated carbocycles. The summed E-state index contributed by atoms with van der Waals surface area (Å²) in [6.07, 6.45) is 6.61. The number of fused-ring (bicyclic) bond motifs is 1. The van der Waals surface area contributed by atoms with Crippen molar-refractivity contribution in [3.05, 3.63) is 93.7 Å². The van der Waals surface area contributed by atoms with Crippen molar-refractivity contribution in [3.63, 3.8) is 0 Å². The Hall–Kier alpha value is -2.37. The van der Waals surface area contributed by atoms with Gasteiger partial charge < -0.3 is 4.57 Å². The quantitative estimate of drug-likeness (QED) is 0.556. The highest BCUT2D eigenvalue weighted by atomic mass is 32.2. The molecule has 1 heterocycles. The zero-order valence-electron chi connectivity index (χ0n) is 17.4. The molecule has 30 heavy (non-hydrogen) atoms. The summed E-state index contributed by atoms with van der Waals surface area (Å²) in [4.78, 5) is 13.2. The lowest BCUT2D eigenvalue weighted by Gasteiger charge is -2.33. The smallest absolute Gasteiger partial charge is 0.254 e. The molecule has 0 saturated heterocycles. The third kappa shape index (κ3) is 4.09. The fourth-order valence-electron chi connectivity index (χ4n) is 4.56. The molecule has 1 aliphatic carbocycles. The van der Waals surface area contributed by atoms with Gasteiger partial charge in [0.15, 0.2) is 0 Å². The van der Waals surface area contributed by atoms with Gasteiger partial charge >= 0.3 is 0 Å². The van der Waals surface area contributed by atoms with Gasteiger partial charge in [0.05, 0.1) is 0 Å². The SMILES string of the molecule is CCn1ccc2c(c1=O)C(Cc1cccc(-c3ccccc3F)c1)C(NSC)CC2. The molecule has 5 heteroatoms. The van der Waals surface area contributed by atoms with E-state index in [1.54, 1.807) is 22.6 Å². The Labute approximate surface area is 181 Å². The van der Waals surface area contributed by atoms with Crippen LogP contribution in [-0.4, -0.2) is 16.9 Å². The first kappa shape index (κ1) is 20.9. The van der Waals surface area contributed by atoms with Crippen LogP contribution in [0.4, 0.5) is 4.39 Å². The van der Waals surface area contributed by atoms with Crippen LogP contribution in [0.15, 0.2) is 65.6 Å². The van der Waals surface area contributed by atoms with E-state index in [0.717, 1.165) is 36.0 Å². The van der Waals surface area contributed by atoms with Crippen LogP contribution in [0.2, 0.25) is 0 Å². The number of hydrogen-bond donors (Lipinski definition) is 1. The second-order valence-electron chi connectivity index (χ2n) is 7.80. The maximum absolute atomic E-state index is 14.3. The van der Waals surface area contributed by atoms with Crippen molar-refractivity contribution in [1.29, 1.82) is 0 Å². The molecule has 2 aromatic carbocycles. The summed E-state index contributed by atoms with van der Waals surface area (Å²) >= 11 is 1.61. The molecule has 1 aromatic heterocycles. The summed E-state index contributed by atoms with van der Waals surface area (Å²) in [7, 11) is 0. The van der Waals surface area contributed by atoms with Gasteiger partial charge in [0.2, 0.25) is 0 Å². The summed E-state index contributed by atoms with van der Waals surface area (Å²) in [5, 5.41) is 0. The fourth-order valence-corrected chi connectivity index (χ4v) is 5.14. The van der Waals surface area contributed by atoms with Gasteiger partial charge in [-0.05, 0) is 61.3 Å². The first-order valence-electron chi connectivity index (χ1n) is 10.5. The van der Waals surface area contributed by atoms with Crippen molar-refractivity contribution >= 4 is 11.9 Å². The minimum atomic E-state index is -0.217. The summed E-state index contributed by atoms with van der Waals surface area (Å²) in [6, 6.07) is 17.3. The molecular formula is C25H27FN2OS. The lowest BCUT2D eigenvalue weighted by molar-refractivity contribution is 0.437. The second kappa shape index (κ2) is 9.19. The standard InChI is InChI=1S/C25H27FN2OS/c1-3-28-14-13-18-11-12-23(27-30-2)21(24(18)25(28)29)16-17-7-6-8-19(15-17)20-9-4-5-10-22(20)26/h4-10,13-15,21,23,27H,3,11-12,16H2,1-2H3. The number of hydrogen-bond acceptors (Lipinski definition) is 3. The Balaban J connectivity index is 1.74. The van der Waals surface area contributed by atoms with Crippen LogP contribution in [0.5, 0.6) is 0 Å². The molecule has 4 rings (SSSR count). The van der Waals surface area contributed by atoms with E-state index >= 15 is 0 Å². The van der Waals surface area contributed by atoms with Gasteiger partial charge in [-0.15, -0.1) is 0 Å². The zero-order valence-corrected chi connectivity index (χ0v) is 18.2. The van der Waals surface area contributed by atoms with Crippen molar-refractivity contribution in [2.45, 2.75) is 44.7 Å². The van der Waals surface area contributed by atoms with Gasteiger partial charge in [-0.2, -0.15) is 0 Å². The van der Waals surface area contributed by atoms with Gasteiger partial charge in [0.25, 0.3) is 5.56 Å². The Morgan fingerprint density at radius 3 is 2.77 bits per heavy atom. The average Bonchev–Trinajstić information content (AvgIpc) is 2.76. The molecule has 1 aliphatic rings. The van der Waals surface area contributed by atoms with E-state index in [0.29, 0.717) is 12.1 Å². The van der Waals surface area contributed by atoms with Crippen LogP contribution in [0.25, 0.3) is 11.1 Å². The summed E-state index contributed by atoms with van der Waals surface area (Å²) in [5.74, 6) is -0.131. The number of benzene rings is 2. The molecule has 0 fully saturated rings. The summed E-state index contributed by atoms with van der Waals surface area (Å²) in [6.45, 7) is 2.67. The average molecular weight is 423 g/mol. The largest absolute Gasteiger partial charge is 0.316 e. The Bertz CT molecular complexity index is 1090. The van der Waals surface area contributed by atoms with Crippen LogP contribution in [-0.2, 0) is 19.4 Å². The predicted molar refractivity (Wildman–Crippen MR) is 123 cm³/mol. The number of halogens is 1. The highest BCUT2D eigenvalue weighted by Gasteiger charge is 2.32. The van der Waals surface area contributed by atoms with Crippen molar-refractivity contribution in [3.8, 4) is 11.1 Å². The third-order valence-electron chi connectivity index (χ3n) is 6.05. The number of rotatable bonds is 6. The normalized spacial score (nSPS) is 18.2. The number of aromatic nitrogens is 1. The Kier molecular flexibility index (Phi) is 6.40. The maximum Gasteiger partial charge on any atom is 0.254 e. The Morgan fingerprint density at radius 1 is 1.17 bits per heavy atom. The predicted octanol–water partition coefficient (Wildman–Crippen LogP) is 5.18. The molecule has 156 valence electrons. The molecule has 2 unspecified atom stereocenters. The minimum absolute atomic E-state index is 0.0866. The molecule has 0 bridgehead atoms. The van der Waals surface area contributed by atoms with E-state index in [1.807, 2.05) is 43.6 Å². The van der Waals surface area contributed by atoms with Crippen LogP contribution < -0.4 is 10.3 Å². The van der Waals surface area contributed by atoms with Gasteiger partial charge in [-0.1, -0.05) is 54.4 Å². The number of nitrogens with one attached hydrogen (secondary N) is 1. The van der Waals surface area contributed by atoms with E-state index in [9.17, 15) is 9.18 Å². The zero-order chi connectivity index (χ0) is 21.1. The van der Waals surface area contributed by atoms with Crippen LogP contribution in [0, 0.1) is 5.82 Å². The van der Waals surface area contributed by atoms with E-state index < -0.39 is 0 Å². The van der Waals surface area contributed by atoms with E-state index in [-0.39, 0.29) is 23.3 Å². The molecule has 0 spiro atoms. The minimum Gasteiger partial charge on any atom is -0.316 e. The summed E-state index contributed by atoms with van der Waals surface area (Å²) in [5.41, 5.74) is 4.82. The molecular weight excluding hydrogens is 395 g/mol. The van der Waals surface area contributed by atoms with Crippen LogP contribution in [0.3, 0.4) is 0 Å². The highest BCUT2D eigenvalue weighted by Crippen LogP contribution is 2.34. The molecule has 1 N–H and O–H groups in total. The van der Waals surface area contributed by atoms with Gasteiger partial charge in [-0.25, -0.2) is 4.39 Å². The lowest BCUT2D eigenvalue weighted by atomic mass is 9.77. The fraction of sp³-hybridized carbons (Fsp3) is 0.320. The molecule has 0 radical (unpaired) electrons. The van der Waals surface area contributed by atoms with Crippen molar-refractivity contribution in [1.82, 2.24) is 9.29 Å². The monoisotopic (exact) mass is 422 g/mol. The molecule has 3 nitrogen and oxygen atoms in total. The van der Waals surface area contributed by atoms with E-state index in [1.165, 1.54) is 11.6 Å². The number of nitrogens with zero attached hydrogens (tertiary/aromatic N) is 1. The number of aryl methyl sites for hydroxylation is 2. The molecule has 2 atom stereocenters. The maximum atomic E-state index is 14.3. The molecule has 3 aromatic rings. The van der Waals surface area contributed by atoms with E-state index in [2.05, 4.69) is 22.9 Å². The summed E-state index contributed by atoms with van der Waals surface area (Å²) < 4.78 is 19.6.